The van der Waals surface area contributed by atoms with Crippen molar-refractivity contribution in [1.82, 2.24) is 10.2 Å². The molecule has 122 valence electrons. The van der Waals surface area contributed by atoms with Gasteiger partial charge in [0.15, 0.2) is 5.75 Å². The number of nitro benzene ring substituents is 1. The van der Waals surface area contributed by atoms with E-state index in [0.717, 1.165) is 24.7 Å². The summed E-state index contributed by atoms with van der Waals surface area (Å²) in [6.45, 7) is 2.51. The average Bonchev–Trinajstić information content (AvgIpc) is 3.05. The zero-order chi connectivity index (χ0) is 15.9. The third-order valence-electron chi connectivity index (χ3n) is 4.36. The molecule has 6 nitrogen and oxygen atoms in total. The molecule has 0 aromatic heterocycles. The number of nitro groups is 1. The second kappa shape index (κ2) is 8.10. The Morgan fingerprint density at radius 3 is 2.77 bits per heavy atom. The summed E-state index contributed by atoms with van der Waals surface area (Å²) in [5.74, 6) is 0.301. The smallest absolute Gasteiger partial charge is 0.311 e. The van der Waals surface area contributed by atoms with E-state index in [4.69, 9.17) is 4.74 Å². The molecule has 1 saturated carbocycles. The molecule has 1 aliphatic carbocycles. The zero-order valence-corrected chi connectivity index (χ0v) is 13.4. The summed E-state index contributed by atoms with van der Waals surface area (Å²) in [4.78, 5) is 13.0. The maximum atomic E-state index is 11.0. The van der Waals surface area contributed by atoms with Gasteiger partial charge in [-0.05, 0) is 31.5 Å². The van der Waals surface area contributed by atoms with Crippen molar-refractivity contribution in [2.24, 2.45) is 0 Å². The molecular weight excluding hydrogens is 282 g/mol. The summed E-state index contributed by atoms with van der Waals surface area (Å²) >= 11 is 0. The Morgan fingerprint density at radius 1 is 1.41 bits per heavy atom. The second-order valence-corrected chi connectivity index (χ2v) is 5.86. The monoisotopic (exact) mass is 307 g/mol. The molecule has 0 radical (unpaired) electrons. The highest BCUT2D eigenvalue weighted by Gasteiger charge is 2.19. The van der Waals surface area contributed by atoms with Crippen LogP contribution in [-0.4, -0.2) is 43.1 Å². The highest BCUT2D eigenvalue weighted by molar-refractivity contribution is 5.48. The predicted molar refractivity (Wildman–Crippen MR) is 86.2 cm³/mol. The van der Waals surface area contributed by atoms with Gasteiger partial charge in [-0.25, -0.2) is 0 Å². The Balaban J connectivity index is 1.79. The molecule has 6 heteroatoms. The molecule has 0 atom stereocenters. The van der Waals surface area contributed by atoms with Crippen molar-refractivity contribution in [2.75, 3.05) is 27.2 Å². The van der Waals surface area contributed by atoms with E-state index in [1.165, 1.54) is 32.8 Å². The molecule has 0 aliphatic heterocycles. The fourth-order valence-electron chi connectivity index (χ4n) is 3.00. The number of likely N-dealkylation sites (N-methyl/N-ethyl adjacent to an activating group) is 1. The third kappa shape index (κ3) is 4.42. The summed E-state index contributed by atoms with van der Waals surface area (Å²) in [5, 5.41) is 14.4. The maximum absolute atomic E-state index is 11.0. The minimum Gasteiger partial charge on any atom is -0.490 e. The lowest BCUT2D eigenvalue weighted by Gasteiger charge is -2.23. The second-order valence-electron chi connectivity index (χ2n) is 5.86. The third-order valence-corrected chi connectivity index (χ3v) is 4.36. The maximum Gasteiger partial charge on any atom is 0.311 e. The van der Waals surface area contributed by atoms with E-state index in [0.29, 0.717) is 12.3 Å². The van der Waals surface area contributed by atoms with E-state index in [9.17, 15) is 10.1 Å². The average molecular weight is 307 g/mol. The molecule has 22 heavy (non-hydrogen) atoms. The van der Waals surface area contributed by atoms with Gasteiger partial charge in [0.1, 0.15) is 0 Å². The standard InChI is InChI=1S/C16H25N3O3/c1-18(14-5-3-4-6-14)10-9-17-12-13-7-8-16(22-2)15(11-13)19(20)21/h7-8,11,14,17H,3-6,9-10,12H2,1-2H3. The molecule has 1 N–H and O–H groups in total. The van der Waals surface area contributed by atoms with Crippen molar-refractivity contribution in [3.05, 3.63) is 33.9 Å². The fourth-order valence-corrected chi connectivity index (χ4v) is 3.00. The Kier molecular flexibility index (Phi) is 6.15. The lowest BCUT2D eigenvalue weighted by molar-refractivity contribution is -0.385. The van der Waals surface area contributed by atoms with Crippen molar-refractivity contribution in [3.8, 4) is 5.75 Å². The van der Waals surface area contributed by atoms with Crippen LogP contribution in [0.2, 0.25) is 0 Å². The number of ether oxygens (including phenoxy) is 1. The highest BCUT2D eigenvalue weighted by Crippen LogP contribution is 2.27. The van der Waals surface area contributed by atoms with Crippen molar-refractivity contribution in [1.29, 1.82) is 0 Å². The van der Waals surface area contributed by atoms with E-state index in [1.807, 2.05) is 6.07 Å². The van der Waals surface area contributed by atoms with Gasteiger partial charge in [-0.15, -0.1) is 0 Å². The van der Waals surface area contributed by atoms with E-state index in [-0.39, 0.29) is 5.69 Å². The molecule has 1 aromatic rings. The highest BCUT2D eigenvalue weighted by atomic mass is 16.6. The summed E-state index contributed by atoms with van der Waals surface area (Å²) in [7, 11) is 3.62. The summed E-state index contributed by atoms with van der Waals surface area (Å²) < 4.78 is 5.01. The van der Waals surface area contributed by atoms with Crippen LogP contribution in [0.3, 0.4) is 0 Å². The molecule has 0 bridgehead atoms. The van der Waals surface area contributed by atoms with Gasteiger partial charge < -0.3 is 15.0 Å². The van der Waals surface area contributed by atoms with Gasteiger partial charge in [-0.3, -0.25) is 10.1 Å². The molecule has 0 saturated heterocycles. The van der Waals surface area contributed by atoms with Crippen LogP contribution in [0.15, 0.2) is 18.2 Å². The van der Waals surface area contributed by atoms with E-state index < -0.39 is 4.92 Å². The largest absolute Gasteiger partial charge is 0.490 e. The van der Waals surface area contributed by atoms with E-state index >= 15 is 0 Å². The molecule has 0 spiro atoms. The number of hydrogen-bond acceptors (Lipinski definition) is 5. The fraction of sp³-hybridized carbons (Fsp3) is 0.625. The SMILES string of the molecule is COc1ccc(CNCCN(C)C2CCCC2)cc1[N+](=O)[O-]. The first-order valence-corrected chi connectivity index (χ1v) is 7.84. The van der Waals surface area contributed by atoms with Crippen molar-refractivity contribution < 1.29 is 9.66 Å². The van der Waals surface area contributed by atoms with Gasteiger partial charge in [-0.1, -0.05) is 18.9 Å². The Bertz CT molecular complexity index is 501. The minimum absolute atomic E-state index is 0.0184. The molecule has 2 rings (SSSR count). The Hall–Kier alpha value is -1.66. The van der Waals surface area contributed by atoms with Crippen molar-refractivity contribution in [3.63, 3.8) is 0 Å². The Morgan fingerprint density at radius 2 is 2.14 bits per heavy atom. The summed E-state index contributed by atoms with van der Waals surface area (Å²) in [5.41, 5.74) is 0.917. The van der Waals surface area contributed by atoms with Crippen molar-refractivity contribution >= 4 is 5.69 Å². The zero-order valence-electron chi connectivity index (χ0n) is 13.4. The van der Waals surface area contributed by atoms with Crippen LogP contribution in [0.5, 0.6) is 5.75 Å². The number of nitrogens with zero attached hydrogens (tertiary/aromatic N) is 2. The summed E-state index contributed by atoms with van der Waals surface area (Å²) in [6.07, 6.45) is 5.30. The van der Waals surface area contributed by atoms with Gasteiger partial charge >= 0.3 is 5.69 Å². The molecule has 1 aromatic carbocycles. The number of hydrogen-bond donors (Lipinski definition) is 1. The van der Waals surface area contributed by atoms with E-state index in [1.54, 1.807) is 12.1 Å². The predicted octanol–water partition coefficient (Wildman–Crippen LogP) is 2.57. The van der Waals surface area contributed by atoms with Gasteiger partial charge in [0.25, 0.3) is 0 Å². The van der Waals surface area contributed by atoms with Crippen LogP contribution in [0.1, 0.15) is 31.2 Å². The normalized spacial score (nSPS) is 15.4. The molecule has 1 fully saturated rings. The topological polar surface area (TPSA) is 67.6 Å². The number of rotatable bonds is 8. The van der Waals surface area contributed by atoms with Crippen LogP contribution in [0, 0.1) is 10.1 Å². The quantitative estimate of drug-likeness (QED) is 0.454. The first-order chi connectivity index (χ1) is 10.6. The van der Waals surface area contributed by atoms with Gasteiger partial charge in [0.05, 0.1) is 12.0 Å². The first kappa shape index (κ1) is 16.7. The van der Waals surface area contributed by atoms with Gasteiger partial charge in [0, 0.05) is 31.7 Å². The van der Waals surface area contributed by atoms with Crippen LogP contribution in [0.4, 0.5) is 5.69 Å². The van der Waals surface area contributed by atoms with Crippen LogP contribution < -0.4 is 10.1 Å². The van der Waals surface area contributed by atoms with Crippen LogP contribution in [-0.2, 0) is 6.54 Å². The molecule has 0 heterocycles. The molecule has 1 aliphatic rings. The summed E-state index contributed by atoms with van der Waals surface area (Å²) in [6, 6.07) is 5.81. The number of nitrogens with one attached hydrogen (secondary N) is 1. The van der Waals surface area contributed by atoms with Crippen LogP contribution in [0.25, 0.3) is 0 Å². The minimum atomic E-state index is -0.407. The van der Waals surface area contributed by atoms with Crippen molar-refractivity contribution in [2.45, 2.75) is 38.3 Å². The number of benzene rings is 1. The molecule has 0 amide bonds. The lowest BCUT2D eigenvalue weighted by Crippen LogP contribution is -2.35. The lowest BCUT2D eigenvalue weighted by atomic mass is 10.2. The van der Waals surface area contributed by atoms with E-state index in [2.05, 4.69) is 17.3 Å². The first-order valence-electron chi connectivity index (χ1n) is 7.84. The molecule has 0 unspecified atom stereocenters. The Labute approximate surface area is 131 Å². The van der Waals surface area contributed by atoms with Gasteiger partial charge in [-0.2, -0.15) is 0 Å². The van der Waals surface area contributed by atoms with Gasteiger partial charge in [0.2, 0.25) is 0 Å². The molecular formula is C16H25N3O3. The van der Waals surface area contributed by atoms with Crippen LogP contribution >= 0.6 is 0 Å². The number of methoxy groups -OCH3 is 1.